The van der Waals surface area contributed by atoms with Crippen LogP contribution < -0.4 is 0 Å². The molecule has 0 bridgehead atoms. The van der Waals surface area contributed by atoms with Crippen molar-refractivity contribution in [1.29, 1.82) is 0 Å². The minimum atomic E-state index is -0.0669. The maximum atomic E-state index is 12.3. The van der Waals surface area contributed by atoms with Gasteiger partial charge in [0.05, 0.1) is 0 Å². The van der Waals surface area contributed by atoms with Gasteiger partial charge < -0.3 is 9.64 Å². The summed E-state index contributed by atoms with van der Waals surface area (Å²) in [5, 5.41) is 0. The third kappa shape index (κ3) is 1.95. The Morgan fingerprint density at radius 2 is 2.00 bits per heavy atom. The third-order valence-electron chi connectivity index (χ3n) is 3.14. The number of amides is 1. The molecule has 1 aliphatic rings. The number of likely N-dealkylation sites (tertiary alicyclic amines) is 1. The molecule has 0 N–H and O–H groups in total. The van der Waals surface area contributed by atoms with Gasteiger partial charge in [-0.1, -0.05) is 18.2 Å². The highest BCUT2D eigenvalue weighted by Gasteiger charge is 2.34. The van der Waals surface area contributed by atoms with Crippen molar-refractivity contribution < 1.29 is 9.53 Å². The van der Waals surface area contributed by atoms with Crippen LogP contribution in [0.2, 0.25) is 0 Å². The smallest absolute Gasteiger partial charge is 0.256 e. The summed E-state index contributed by atoms with van der Waals surface area (Å²) >= 11 is 0. The fourth-order valence-corrected chi connectivity index (χ4v) is 2.24. The quantitative estimate of drug-likeness (QED) is 0.763. The highest BCUT2D eigenvalue weighted by molar-refractivity contribution is 5.94. The molecule has 1 aliphatic heterocycles. The molecule has 0 spiro atoms. The molecule has 0 aliphatic carbocycles. The van der Waals surface area contributed by atoms with Crippen molar-refractivity contribution in [2.45, 2.75) is 32.0 Å². The fourth-order valence-electron chi connectivity index (χ4n) is 2.24. The second kappa shape index (κ2) is 4.66. The van der Waals surface area contributed by atoms with E-state index in [1.54, 1.807) is 7.11 Å². The molecule has 0 saturated carbocycles. The summed E-state index contributed by atoms with van der Waals surface area (Å²) in [5.41, 5.74) is 0.735. The second-order valence-corrected chi connectivity index (χ2v) is 4.20. The zero-order valence-corrected chi connectivity index (χ0v) is 9.72. The summed E-state index contributed by atoms with van der Waals surface area (Å²) in [6.45, 7) is 2.07. The monoisotopic (exact) mass is 219 g/mol. The standard InChI is InChI=1S/C13H17NO2/c1-10-8-9-12(16-2)14(10)13(15)11-6-4-3-5-7-11/h3-7,10,12H,8-9H2,1-2H3. The van der Waals surface area contributed by atoms with Gasteiger partial charge in [-0.25, -0.2) is 0 Å². The lowest BCUT2D eigenvalue weighted by atomic mass is 10.2. The minimum absolute atomic E-state index is 0.0669. The van der Waals surface area contributed by atoms with Crippen LogP contribution in [0.5, 0.6) is 0 Å². The Balaban J connectivity index is 2.21. The van der Waals surface area contributed by atoms with Gasteiger partial charge in [0, 0.05) is 18.7 Å². The zero-order chi connectivity index (χ0) is 11.5. The Kier molecular flexibility index (Phi) is 3.25. The molecule has 3 nitrogen and oxygen atoms in total. The van der Waals surface area contributed by atoms with Crippen LogP contribution in [0, 0.1) is 0 Å². The molecule has 1 aromatic rings. The van der Waals surface area contributed by atoms with Gasteiger partial charge in [0.25, 0.3) is 5.91 Å². The van der Waals surface area contributed by atoms with E-state index in [-0.39, 0.29) is 18.2 Å². The van der Waals surface area contributed by atoms with E-state index < -0.39 is 0 Å². The van der Waals surface area contributed by atoms with Crippen LogP contribution in [-0.4, -0.2) is 30.2 Å². The third-order valence-corrected chi connectivity index (χ3v) is 3.14. The van der Waals surface area contributed by atoms with E-state index in [4.69, 9.17) is 4.74 Å². The predicted molar refractivity (Wildman–Crippen MR) is 62.1 cm³/mol. The second-order valence-electron chi connectivity index (χ2n) is 4.20. The van der Waals surface area contributed by atoms with Crippen molar-refractivity contribution in [2.75, 3.05) is 7.11 Å². The normalized spacial score (nSPS) is 24.8. The maximum Gasteiger partial charge on any atom is 0.256 e. The Morgan fingerprint density at radius 1 is 1.31 bits per heavy atom. The Morgan fingerprint density at radius 3 is 2.62 bits per heavy atom. The summed E-state index contributed by atoms with van der Waals surface area (Å²) < 4.78 is 5.34. The molecule has 2 atom stereocenters. The molecule has 1 saturated heterocycles. The number of rotatable bonds is 2. The average molecular weight is 219 g/mol. The molecule has 1 amide bonds. The van der Waals surface area contributed by atoms with Gasteiger partial charge in [-0.15, -0.1) is 0 Å². The van der Waals surface area contributed by atoms with Gasteiger partial charge in [-0.3, -0.25) is 4.79 Å². The van der Waals surface area contributed by atoms with Crippen molar-refractivity contribution in [3.05, 3.63) is 35.9 Å². The van der Waals surface area contributed by atoms with Crippen molar-refractivity contribution in [3.8, 4) is 0 Å². The number of ether oxygens (including phenoxy) is 1. The molecule has 2 rings (SSSR count). The first-order valence-electron chi connectivity index (χ1n) is 5.64. The number of nitrogens with zero attached hydrogens (tertiary/aromatic N) is 1. The number of methoxy groups -OCH3 is 1. The van der Waals surface area contributed by atoms with Gasteiger partial charge in [0.1, 0.15) is 6.23 Å². The van der Waals surface area contributed by atoms with Crippen molar-refractivity contribution in [3.63, 3.8) is 0 Å². The largest absolute Gasteiger partial charge is 0.362 e. The molecular formula is C13H17NO2. The van der Waals surface area contributed by atoms with Gasteiger partial charge in [0.2, 0.25) is 0 Å². The van der Waals surface area contributed by atoms with E-state index in [1.165, 1.54) is 0 Å². The van der Waals surface area contributed by atoms with Crippen LogP contribution in [-0.2, 0) is 4.74 Å². The molecular weight excluding hydrogens is 202 g/mol. The van der Waals surface area contributed by atoms with E-state index >= 15 is 0 Å². The summed E-state index contributed by atoms with van der Waals surface area (Å²) in [6, 6.07) is 9.64. The Hall–Kier alpha value is -1.35. The van der Waals surface area contributed by atoms with E-state index in [0.717, 1.165) is 18.4 Å². The lowest BCUT2D eigenvalue weighted by Crippen LogP contribution is -2.40. The summed E-state index contributed by atoms with van der Waals surface area (Å²) in [7, 11) is 1.66. The van der Waals surface area contributed by atoms with Crippen LogP contribution in [0.3, 0.4) is 0 Å². The SMILES string of the molecule is COC1CCC(C)N1C(=O)c1ccccc1. The molecule has 3 heteroatoms. The van der Waals surface area contributed by atoms with Crippen LogP contribution in [0.1, 0.15) is 30.1 Å². The van der Waals surface area contributed by atoms with E-state index in [2.05, 4.69) is 6.92 Å². The van der Waals surface area contributed by atoms with E-state index in [0.29, 0.717) is 0 Å². The van der Waals surface area contributed by atoms with Crippen molar-refractivity contribution in [2.24, 2.45) is 0 Å². The van der Waals surface area contributed by atoms with Crippen molar-refractivity contribution >= 4 is 5.91 Å². The summed E-state index contributed by atoms with van der Waals surface area (Å²) in [6.07, 6.45) is 1.87. The zero-order valence-electron chi connectivity index (χ0n) is 9.72. The summed E-state index contributed by atoms with van der Waals surface area (Å²) in [4.78, 5) is 14.1. The molecule has 86 valence electrons. The van der Waals surface area contributed by atoms with E-state index in [9.17, 15) is 4.79 Å². The van der Waals surface area contributed by atoms with Crippen molar-refractivity contribution in [1.82, 2.24) is 4.90 Å². The first kappa shape index (κ1) is 11.1. The van der Waals surface area contributed by atoms with Crippen LogP contribution in [0.15, 0.2) is 30.3 Å². The van der Waals surface area contributed by atoms with Gasteiger partial charge in [0.15, 0.2) is 0 Å². The minimum Gasteiger partial charge on any atom is -0.362 e. The highest BCUT2D eigenvalue weighted by atomic mass is 16.5. The maximum absolute atomic E-state index is 12.3. The molecule has 16 heavy (non-hydrogen) atoms. The Bertz CT molecular complexity index is 363. The topological polar surface area (TPSA) is 29.5 Å². The first-order chi connectivity index (χ1) is 7.74. The van der Waals surface area contributed by atoms with E-state index in [1.807, 2.05) is 35.2 Å². The number of carbonyl (C=O) groups excluding carboxylic acids is 1. The molecule has 1 fully saturated rings. The lowest BCUT2D eigenvalue weighted by Gasteiger charge is -2.27. The van der Waals surface area contributed by atoms with Gasteiger partial charge >= 0.3 is 0 Å². The molecule has 1 aromatic carbocycles. The molecule has 0 aromatic heterocycles. The van der Waals surface area contributed by atoms with Crippen LogP contribution in [0.4, 0.5) is 0 Å². The molecule has 0 radical (unpaired) electrons. The predicted octanol–water partition coefficient (Wildman–Crippen LogP) is 2.28. The van der Waals surface area contributed by atoms with Gasteiger partial charge in [-0.2, -0.15) is 0 Å². The fraction of sp³-hybridized carbons (Fsp3) is 0.462. The molecule has 1 heterocycles. The van der Waals surface area contributed by atoms with Crippen LogP contribution >= 0.6 is 0 Å². The summed E-state index contributed by atoms with van der Waals surface area (Å²) in [5.74, 6) is 0.0671. The first-order valence-corrected chi connectivity index (χ1v) is 5.64. The van der Waals surface area contributed by atoms with Gasteiger partial charge in [-0.05, 0) is 31.9 Å². The number of hydrogen-bond acceptors (Lipinski definition) is 2. The number of benzene rings is 1. The molecule has 2 unspecified atom stereocenters. The van der Waals surface area contributed by atoms with Crippen LogP contribution in [0.25, 0.3) is 0 Å². The number of hydrogen-bond donors (Lipinski definition) is 0. The number of carbonyl (C=O) groups is 1. The Labute approximate surface area is 96.0 Å². The highest BCUT2D eigenvalue weighted by Crippen LogP contribution is 2.26. The average Bonchev–Trinajstić information content (AvgIpc) is 2.70. The lowest BCUT2D eigenvalue weighted by molar-refractivity contribution is -0.00789.